The van der Waals surface area contributed by atoms with Gasteiger partial charge in [-0.2, -0.15) is 0 Å². The molecule has 1 aliphatic carbocycles. The van der Waals surface area contributed by atoms with Crippen molar-refractivity contribution in [3.8, 4) is 11.6 Å². The zero-order chi connectivity index (χ0) is 21.6. The Morgan fingerprint density at radius 2 is 1.97 bits per heavy atom. The van der Waals surface area contributed by atoms with Crippen molar-refractivity contribution in [3.05, 3.63) is 71.4 Å². The molecule has 2 N–H and O–H groups in total. The standard InChI is InChI=1S/C24H30N6O/c1-17-4-8-21(22(12-17)31-16-19-5-6-19)15-29-24(25-3)28-14-20-7-9-23(27-13-20)30-11-10-26-18(30)2/h4,7-13,19H,5-6,14-16H2,1-3H3,(H2,25,28,29). The van der Waals surface area contributed by atoms with Crippen molar-refractivity contribution in [2.45, 2.75) is 39.8 Å². The van der Waals surface area contributed by atoms with Crippen LogP contribution in [-0.2, 0) is 13.1 Å². The first kappa shape index (κ1) is 20.9. The van der Waals surface area contributed by atoms with Gasteiger partial charge < -0.3 is 15.4 Å². The highest BCUT2D eigenvalue weighted by Crippen LogP contribution is 2.30. The fourth-order valence-corrected chi connectivity index (χ4v) is 3.30. The average Bonchev–Trinajstić information content (AvgIpc) is 3.52. The van der Waals surface area contributed by atoms with Gasteiger partial charge in [-0.25, -0.2) is 9.97 Å². The van der Waals surface area contributed by atoms with Gasteiger partial charge in [0.25, 0.3) is 0 Å². The monoisotopic (exact) mass is 418 g/mol. The van der Waals surface area contributed by atoms with E-state index in [9.17, 15) is 0 Å². The van der Waals surface area contributed by atoms with Crippen LogP contribution < -0.4 is 15.4 Å². The molecule has 0 radical (unpaired) electrons. The van der Waals surface area contributed by atoms with Crippen LogP contribution in [0.4, 0.5) is 0 Å². The van der Waals surface area contributed by atoms with Gasteiger partial charge in [-0.05, 0) is 55.9 Å². The Morgan fingerprint density at radius 1 is 1.13 bits per heavy atom. The first-order valence-electron chi connectivity index (χ1n) is 10.7. The number of imidazole rings is 1. The molecular weight excluding hydrogens is 388 g/mol. The number of ether oxygens (including phenoxy) is 1. The maximum atomic E-state index is 6.07. The molecule has 31 heavy (non-hydrogen) atoms. The van der Waals surface area contributed by atoms with Gasteiger partial charge in [-0.1, -0.05) is 18.2 Å². The number of nitrogens with zero attached hydrogens (tertiary/aromatic N) is 4. The summed E-state index contributed by atoms with van der Waals surface area (Å²) in [7, 11) is 1.78. The topological polar surface area (TPSA) is 76.4 Å². The van der Waals surface area contributed by atoms with Crippen LogP contribution in [0, 0.1) is 19.8 Å². The second kappa shape index (κ2) is 9.64. The van der Waals surface area contributed by atoms with Crippen LogP contribution in [0.1, 0.15) is 35.4 Å². The summed E-state index contributed by atoms with van der Waals surface area (Å²) in [6, 6.07) is 10.4. The number of benzene rings is 1. The first-order chi connectivity index (χ1) is 15.1. The zero-order valence-electron chi connectivity index (χ0n) is 18.4. The van der Waals surface area contributed by atoms with Crippen LogP contribution in [0.3, 0.4) is 0 Å². The van der Waals surface area contributed by atoms with Gasteiger partial charge in [0.05, 0.1) is 6.61 Å². The van der Waals surface area contributed by atoms with E-state index in [1.807, 2.05) is 30.0 Å². The number of aliphatic imine (C=N–C) groups is 1. The van der Waals surface area contributed by atoms with Gasteiger partial charge in [-0.3, -0.25) is 9.56 Å². The van der Waals surface area contributed by atoms with Gasteiger partial charge in [0.2, 0.25) is 0 Å². The molecule has 162 valence electrons. The van der Waals surface area contributed by atoms with E-state index in [1.165, 1.54) is 18.4 Å². The highest BCUT2D eigenvalue weighted by Gasteiger charge is 2.22. The summed E-state index contributed by atoms with van der Waals surface area (Å²) in [5.41, 5.74) is 3.42. The van der Waals surface area contributed by atoms with Crippen LogP contribution in [0.15, 0.2) is 53.9 Å². The summed E-state index contributed by atoms with van der Waals surface area (Å²) >= 11 is 0. The Bertz CT molecular complexity index is 1040. The average molecular weight is 419 g/mol. The molecule has 0 unspecified atom stereocenters. The minimum Gasteiger partial charge on any atom is -0.493 e. The normalized spacial score (nSPS) is 13.8. The van der Waals surface area contributed by atoms with E-state index in [4.69, 9.17) is 4.74 Å². The number of hydrogen-bond acceptors (Lipinski definition) is 4. The molecule has 7 heteroatoms. The second-order valence-electron chi connectivity index (χ2n) is 8.01. The zero-order valence-corrected chi connectivity index (χ0v) is 18.4. The third-order valence-electron chi connectivity index (χ3n) is 5.41. The lowest BCUT2D eigenvalue weighted by Gasteiger charge is -2.15. The van der Waals surface area contributed by atoms with Crippen molar-refractivity contribution in [2.24, 2.45) is 10.9 Å². The lowest BCUT2D eigenvalue weighted by Crippen LogP contribution is -2.36. The maximum Gasteiger partial charge on any atom is 0.191 e. The molecular formula is C24H30N6O. The molecule has 2 aromatic heterocycles. The molecule has 4 rings (SSSR count). The van der Waals surface area contributed by atoms with Crippen LogP contribution in [0.25, 0.3) is 5.82 Å². The molecule has 0 saturated heterocycles. The van der Waals surface area contributed by atoms with E-state index in [0.29, 0.717) is 13.1 Å². The van der Waals surface area contributed by atoms with Crippen molar-refractivity contribution >= 4 is 5.96 Å². The van der Waals surface area contributed by atoms with Gasteiger partial charge >= 0.3 is 0 Å². The van der Waals surface area contributed by atoms with Crippen LogP contribution >= 0.6 is 0 Å². The van der Waals surface area contributed by atoms with Crippen LogP contribution in [0.2, 0.25) is 0 Å². The van der Waals surface area contributed by atoms with Crippen LogP contribution in [-0.4, -0.2) is 34.1 Å². The first-order valence-corrected chi connectivity index (χ1v) is 10.7. The number of guanidine groups is 1. The Balaban J connectivity index is 1.31. The minimum atomic E-state index is 0.634. The number of aromatic nitrogens is 3. The molecule has 1 aliphatic rings. The predicted molar refractivity (Wildman–Crippen MR) is 123 cm³/mol. The smallest absolute Gasteiger partial charge is 0.191 e. The highest BCUT2D eigenvalue weighted by atomic mass is 16.5. The number of pyridine rings is 1. The number of hydrogen-bond donors (Lipinski definition) is 2. The largest absolute Gasteiger partial charge is 0.493 e. The Labute approximate surface area is 183 Å². The van der Waals surface area contributed by atoms with Gasteiger partial charge in [0, 0.05) is 44.3 Å². The van der Waals surface area contributed by atoms with Gasteiger partial charge in [0.15, 0.2) is 5.96 Å². The lowest BCUT2D eigenvalue weighted by atomic mass is 10.1. The quantitative estimate of drug-likeness (QED) is 0.432. The van der Waals surface area contributed by atoms with E-state index < -0.39 is 0 Å². The SMILES string of the molecule is CN=C(NCc1ccc(-n2ccnc2C)nc1)NCc1ccc(C)cc1OCC1CC1. The third-order valence-corrected chi connectivity index (χ3v) is 5.41. The van der Waals surface area contributed by atoms with Gasteiger partial charge in [-0.15, -0.1) is 0 Å². The number of aryl methyl sites for hydroxylation is 2. The van der Waals surface area contributed by atoms with E-state index in [1.54, 1.807) is 13.2 Å². The lowest BCUT2D eigenvalue weighted by molar-refractivity contribution is 0.296. The Hall–Kier alpha value is -3.35. The molecule has 0 amide bonds. The number of nitrogens with one attached hydrogen (secondary N) is 2. The molecule has 0 bridgehead atoms. The molecule has 1 fully saturated rings. The van der Waals surface area contributed by atoms with Crippen molar-refractivity contribution in [1.82, 2.24) is 25.2 Å². The molecule has 0 spiro atoms. The van der Waals surface area contributed by atoms with Crippen molar-refractivity contribution in [3.63, 3.8) is 0 Å². The molecule has 0 aliphatic heterocycles. The molecule has 1 saturated carbocycles. The summed E-state index contributed by atoms with van der Waals surface area (Å²) in [5.74, 6) is 4.21. The molecule has 0 atom stereocenters. The van der Waals surface area contributed by atoms with E-state index in [-0.39, 0.29) is 0 Å². The molecule has 3 aromatic rings. The minimum absolute atomic E-state index is 0.634. The van der Waals surface area contributed by atoms with Crippen molar-refractivity contribution in [1.29, 1.82) is 0 Å². The van der Waals surface area contributed by atoms with Crippen molar-refractivity contribution < 1.29 is 4.74 Å². The van der Waals surface area contributed by atoms with Crippen LogP contribution in [0.5, 0.6) is 5.75 Å². The predicted octanol–water partition coefficient (Wildman–Crippen LogP) is 3.54. The Morgan fingerprint density at radius 3 is 2.65 bits per heavy atom. The maximum absolute atomic E-state index is 6.07. The summed E-state index contributed by atoms with van der Waals surface area (Å²) in [4.78, 5) is 13.1. The van der Waals surface area contributed by atoms with E-state index >= 15 is 0 Å². The summed E-state index contributed by atoms with van der Waals surface area (Å²) in [6.45, 7) is 6.15. The third kappa shape index (κ3) is 5.63. The van der Waals surface area contributed by atoms with E-state index in [0.717, 1.165) is 47.0 Å². The number of rotatable bonds is 8. The summed E-state index contributed by atoms with van der Waals surface area (Å²) in [6.07, 6.45) is 8.13. The summed E-state index contributed by atoms with van der Waals surface area (Å²) < 4.78 is 8.03. The summed E-state index contributed by atoms with van der Waals surface area (Å²) in [5, 5.41) is 6.74. The highest BCUT2D eigenvalue weighted by molar-refractivity contribution is 5.79. The second-order valence-corrected chi connectivity index (χ2v) is 8.01. The van der Waals surface area contributed by atoms with Crippen molar-refractivity contribution in [2.75, 3.05) is 13.7 Å². The van der Waals surface area contributed by atoms with Gasteiger partial charge in [0.1, 0.15) is 17.4 Å². The fraction of sp³-hybridized carbons (Fsp3) is 0.375. The fourth-order valence-electron chi connectivity index (χ4n) is 3.30. The molecule has 7 nitrogen and oxygen atoms in total. The molecule has 1 aromatic carbocycles. The Kier molecular flexibility index (Phi) is 6.50. The van der Waals surface area contributed by atoms with E-state index in [2.05, 4.69) is 56.8 Å². The molecule has 2 heterocycles.